The third kappa shape index (κ3) is 4.26. The number of nitrogens with two attached hydrogens (primary N) is 1. The third-order valence-electron chi connectivity index (χ3n) is 4.93. The predicted octanol–water partition coefficient (Wildman–Crippen LogP) is 4.99. The van der Waals surface area contributed by atoms with Crippen molar-refractivity contribution >= 4 is 40.8 Å². The molecule has 0 saturated carbocycles. The first-order valence-corrected chi connectivity index (χ1v) is 10.1. The Kier molecular flexibility index (Phi) is 6.16. The molecule has 1 aliphatic rings. The highest BCUT2D eigenvalue weighted by molar-refractivity contribution is 7.13. The van der Waals surface area contributed by atoms with Crippen LogP contribution in [0.1, 0.15) is 42.0 Å². The Balaban J connectivity index is 2.12. The number of hydrogen-bond acceptors (Lipinski definition) is 5. The number of fused-ring (bicyclic) bond motifs is 4. The molecule has 0 spiro atoms. The maximum Gasteiger partial charge on any atom is 0.411 e. The van der Waals surface area contributed by atoms with Crippen LogP contribution in [0.2, 0.25) is 0 Å². The maximum atomic E-state index is 12.7. The van der Waals surface area contributed by atoms with Gasteiger partial charge in [-0.25, -0.2) is 4.79 Å². The predicted molar refractivity (Wildman–Crippen MR) is 114 cm³/mol. The Morgan fingerprint density at radius 1 is 1.36 bits per heavy atom. The van der Waals surface area contributed by atoms with Crippen LogP contribution in [0.4, 0.5) is 16.2 Å². The normalized spacial score (nSPS) is 19.5. The van der Waals surface area contributed by atoms with E-state index in [-0.39, 0.29) is 17.9 Å². The smallest absolute Gasteiger partial charge is 0.411 e. The van der Waals surface area contributed by atoms with Gasteiger partial charge < -0.3 is 15.8 Å². The number of hydrogen-bond donors (Lipinski definition) is 3. The molecule has 2 aromatic rings. The van der Waals surface area contributed by atoms with E-state index in [0.29, 0.717) is 11.4 Å². The first-order valence-electron chi connectivity index (χ1n) is 9.25. The lowest BCUT2D eigenvalue weighted by Crippen LogP contribution is -2.21. The number of nitrogens with one attached hydrogen (secondary N) is 2. The van der Waals surface area contributed by atoms with E-state index in [1.807, 2.05) is 19.1 Å². The molecular weight excluding hydrogens is 374 g/mol. The van der Waals surface area contributed by atoms with E-state index in [2.05, 4.69) is 28.0 Å². The van der Waals surface area contributed by atoms with Gasteiger partial charge in [-0.15, -0.1) is 11.3 Å². The number of benzene rings is 1. The first-order chi connectivity index (χ1) is 13.4. The van der Waals surface area contributed by atoms with Gasteiger partial charge in [0, 0.05) is 38.5 Å². The van der Waals surface area contributed by atoms with E-state index in [1.54, 1.807) is 23.5 Å². The van der Waals surface area contributed by atoms with Gasteiger partial charge in [-0.2, -0.15) is 0 Å². The number of thiophene rings is 1. The summed E-state index contributed by atoms with van der Waals surface area (Å²) in [6.07, 6.45) is 3.72. The second-order valence-electron chi connectivity index (χ2n) is 6.94. The Bertz CT molecular complexity index is 906. The van der Waals surface area contributed by atoms with Gasteiger partial charge in [-0.05, 0) is 31.0 Å². The van der Waals surface area contributed by atoms with Crippen LogP contribution in [0, 0.1) is 5.92 Å². The highest BCUT2D eigenvalue weighted by Crippen LogP contribution is 2.40. The lowest BCUT2D eigenvalue weighted by Gasteiger charge is -2.18. The molecule has 0 fully saturated rings. The van der Waals surface area contributed by atoms with Gasteiger partial charge in [0.1, 0.15) is 0 Å². The van der Waals surface area contributed by atoms with Crippen LogP contribution in [-0.2, 0) is 9.53 Å². The molecule has 2 bridgehead atoms. The van der Waals surface area contributed by atoms with Crippen LogP contribution < -0.4 is 16.4 Å². The standard InChI is InChI=1S/C21H25N3O3S/c1-4-18-15-11-19(28-18)16(22)7-5-6-12(2)20(25)24-17-10-13(8-9-14(15)17)23-21(26)27-3/h4,8-12,16H,1,5-7,22H2,2-3H3,(H,23,26)(H,24,25)/t12-,16+/m1/s1. The number of ether oxygens (including phenoxy) is 1. The SMILES string of the molecule is C=Cc1sc2cc1-c1ccc(NC(=O)OC)cc1NC(=O)[C@H](C)CCC[C@@H]2N. The van der Waals surface area contributed by atoms with Crippen molar-refractivity contribution in [3.8, 4) is 11.1 Å². The number of carbonyl (C=O) groups excluding carboxylic acids is 2. The van der Waals surface area contributed by atoms with Gasteiger partial charge in [0.25, 0.3) is 0 Å². The van der Waals surface area contributed by atoms with Gasteiger partial charge in [0.15, 0.2) is 0 Å². The second kappa shape index (κ2) is 8.58. The van der Waals surface area contributed by atoms with Crippen molar-refractivity contribution < 1.29 is 14.3 Å². The van der Waals surface area contributed by atoms with Crippen LogP contribution in [0.3, 0.4) is 0 Å². The van der Waals surface area contributed by atoms with E-state index in [1.165, 1.54) is 7.11 Å². The topological polar surface area (TPSA) is 93.5 Å². The molecule has 1 aliphatic heterocycles. The Hall–Kier alpha value is -2.64. The summed E-state index contributed by atoms with van der Waals surface area (Å²) in [4.78, 5) is 26.4. The van der Waals surface area contributed by atoms with Gasteiger partial charge >= 0.3 is 6.09 Å². The number of methoxy groups -OCH3 is 1. The molecule has 28 heavy (non-hydrogen) atoms. The zero-order valence-corrected chi connectivity index (χ0v) is 16.9. The summed E-state index contributed by atoms with van der Waals surface area (Å²) in [6.45, 7) is 5.84. The number of anilines is 2. The Labute approximate surface area is 168 Å². The molecule has 0 saturated heterocycles. The molecule has 2 atom stereocenters. The summed E-state index contributed by atoms with van der Waals surface area (Å²) in [5.74, 6) is -0.190. The van der Waals surface area contributed by atoms with Crippen LogP contribution in [0.5, 0.6) is 0 Å². The summed E-state index contributed by atoms with van der Waals surface area (Å²) < 4.78 is 4.66. The summed E-state index contributed by atoms with van der Waals surface area (Å²) in [6, 6.07) is 7.42. The van der Waals surface area contributed by atoms with E-state index in [4.69, 9.17) is 5.73 Å². The lowest BCUT2D eigenvalue weighted by molar-refractivity contribution is -0.119. The lowest BCUT2D eigenvalue weighted by atomic mass is 9.97. The first kappa shape index (κ1) is 20.1. The largest absolute Gasteiger partial charge is 0.453 e. The summed E-state index contributed by atoms with van der Waals surface area (Å²) in [5, 5.41) is 5.67. The van der Waals surface area contributed by atoms with E-state index in [9.17, 15) is 9.59 Å². The van der Waals surface area contributed by atoms with Crippen molar-refractivity contribution in [1.29, 1.82) is 0 Å². The van der Waals surface area contributed by atoms with E-state index >= 15 is 0 Å². The Morgan fingerprint density at radius 2 is 2.14 bits per heavy atom. The van der Waals surface area contributed by atoms with Gasteiger partial charge in [-0.3, -0.25) is 10.1 Å². The molecule has 0 radical (unpaired) electrons. The van der Waals surface area contributed by atoms with Gasteiger partial charge in [-0.1, -0.05) is 32.1 Å². The monoisotopic (exact) mass is 399 g/mol. The summed E-state index contributed by atoms with van der Waals surface area (Å²) in [5.41, 5.74) is 9.40. The minimum atomic E-state index is -0.566. The Morgan fingerprint density at radius 3 is 2.86 bits per heavy atom. The van der Waals surface area contributed by atoms with Crippen molar-refractivity contribution in [3.63, 3.8) is 0 Å². The molecule has 0 unspecified atom stereocenters. The van der Waals surface area contributed by atoms with Gasteiger partial charge in [0.2, 0.25) is 5.91 Å². The van der Waals surface area contributed by atoms with Crippen molar-refractivity contribution in [2.45, 2.75) is 32.2 Å². The second-order valence-corrected chi connectivity index (χ2v) is 8.05. The molecule has 3 rings (SSSR count). The number of carbonyl (C=O) groups is 2. The molecule has 7 heteroatoms. The molecule has 6 nitrogen and oxygen atoms in total. The fraction of sp³-hybridized carbons (Fsp3) is 0.333. The summed E-state index contributed by atoms with van der Waals surface area (Å²) >= 11 is 1.63. The highest BCUT2D eigenvalue weighted by atomic mass is 32.1. The van der Waals surface area contributed by atoms with Crippen molar-refractivity contribution in [3.05, 3.63) is 40.6 Å². The average Bonchev–Trinajstić information content (AvgIpc) is 3.11. The van der Waals surface area contributed by atoms with E-state index in [0.717, 1.165) is 40.1 Å². The molecular formula is C21H25N3O3S. The fourth-order valence-electron chi connectivity index (χ4n) is 3.27. The number of rotatable bonds is 2. The van der Waals surface area contributed by atoms with Crippen molar-refractivity contribution in [1.82, 2.24) is 0 Å². The molecule has 2 amide bonds. The minimum Gasteiger partial charge on any atom is -0.453 e. The third-order valence-corrected chi connectivity index (χ3v) is 6.19. The summed E-state index contributed by atoms with van der Waals surface area (Å²) in [7, 11) is 1.30. The zero-order valence-electron chi connectivity index (χ0n) is 16.1. The average molecular weight is 400 g/mol. The molecule has 2 heterocycles. The van der Waals surface area contributed by atoms with Crippen molar-refractivity contribution in [2.24, 2.45) is 11.7 Å². The van der Waals surface area contributed by atoms with Crippen LogP contribution >= 0.6 is 11.3 Å². The van der Waals surface area contributed by atoms with Crippen LogP contribution in [0.15, 0.2) is 30.8 Å². The molecule has 0 aliphatic carbocycles. The maximum absolute atomic E-state index is 12.7. The molecule has 1 aromatic heterocycles. The van der Waals surface area contributed by atoms with E-state index < -0.39 is 6.09 Å². The molecule has 4 N–H and O–H groups in total. The fourth-order valence-corrected chi connectivity index (χ4v) is 4.33. The highest BCUT2D eigenvalue weighted by Gasteiger charge is 2.21. The van der Waals surface area contributed by atoms with Crippen LogP contribution in [0.25, 0.3) is 17.2 Å². The quantitative estimate of drug-likeness (QED) is 0.663. The zero-order chi connectivity index (χ0) is 20.3. The minimum absolute atomic E-state index is 0.0544. The molecule has 148 valence electrons. The van der Waals surface area contributed by atoms with Gasteiger partial charge in [0.05, 0.1) is 12.8 Å². The van der Waals surface area contributed by atoms with Crippen molar-refractivity contribution in [2.75, 3.05) is 17.7 Å². The van der Waals surface area contributed by atoms with Crippen LogP contribution in [-0.4, -0.2) is 19.1 Å². The molecule has 1 aromatic carbocycles. The number of amides is 2.